The maximum Gasteiger partial charge on any atom is 0.233 e. The molecule has 5 nitrogen and oxygen atoms in total. The lowest BCUT2D eigenvalue weighted by atomic mass is 10.0. The summed E-state index contributed by atoms with van der Waals surface area (Å²) in [5, 5.41) is 11.4. The van der Waals surface area contributed by atoms with Crippen molar-refractivity contribution in [3.8, 4) is 0 Å². The minimum atomic E-state index is -0.223. The fraction of sp³-hybridized carbons (Fsp3) is 0.400. The summed E-state index contributed by atoms with van der Waals surface area (Å²) < 4.78 is 1.80. The van der Waals surface area contributed by atoms with Gasteiger partial charge in [-0.15, -0.1) is 10.2 Å². The zero-order chi connectivity index (χ0) is 15.4. The van der Waals surface area contributed by atoms with Crippen LogP contribution in [0.4, 0.5) is 0 Å². The van der Waals surface area contributed by atoms with Gasteiger partial charge < -0.3 is 9.88 Å². The van der Waals surface area contributed by atoms with Gasteiger partial charge in [-0.05, 0) is 31.9 Å². The molecule has 112 valence electrons. The van der Waals surface area contributed by atoms with Crippen molar-refractivity contribution in [3.63, 3.8) is 0 Å². The highest BCUT2D eigenvalue weighted by Gasteiger charge is 2.19. The fourth-order valence-electron chi connectivity index (χ4n) is 2.07. The average Bonchev–Trinajstić information content (AvgIpc) is 2.84. The zero-order valence-corrected chi connectivity index (χ0v) is 13.5. The molecule has 2 aromatic rings. The monoisotopic (exact) mass is 304 g/mol. The first-order valence-electron chi connectivity index (χ1n) is 6.85. The van der Waals surface area contributed by atoms with Crippen LogP contribution in [-0.4, -0.2) is 25.9 Å². The van der Waals surface area contributed by atoms with Gasteiger partial charge in [-0.3, -0.25) is 4.79 Å². The van der Waals surface area contributed by atoms with Crippen LogP contribution in [-0.2, 0) is 11.8 Å². The number of carbonyl (C=O) groups excluding carboxylic acids is 1. The normalized spacial score (nSPS) is 13.7. The Morgan fingerprint density at radius 3 is 2.67 bits per heavy atom. The number of benzene rings is 1. The van der Waals surface area contributed by atoms with Crippen LogP contribution < -0.4 is 5.32 Å². The smallest absolute Gasteiger partial charge is 0.233 e. The van der Waals surface area contributed by atoms with Gasteiger partial charge in [0.1, 0.15) is 6.33 Å². The summed E-state index contributed by atoms with van der Waals surface area (Å²) in [6.07, 6.45) is 1.63. The predicted molar refractivity (Wildman–Crippen MR) is 84.1 cm³/mol. The molecule has 0 aliphatic heterocycles. The Bertz CT molecular complexity index is 626. The van der Waals surface area contributed by atoms with Crippen molar-refractivity contribution < 1.29 is 4.79 Å². The van der Waals surface area contributed by atoms with E-state index in [-0.39, 0.29) is 17.2 Å². The average molecular weight is 304 g/mol. The second kappa shape index (κ2) is 6.76. The second-order valence-corrected chi connectivity index (χ2v) is 6.38. The van der Waals surface area contributed by atoms with Crippen LogP contribution in [0, 0.1) is 6.92 Å². The third-order valence-electron chi connectivity index (χ3n) is 3.33. The molecule has 0 saturated heterocycles. The Hall–Kier alpha value is -1.82. The molecule has 0 aliphatic carbocycles. The molecule has 0 bridgehead atoms. The lowest BCUT2D eigenvalue weighted by Gasteiger charge is -2.19. The first kappa shape index (κ1) is 15.6. The lowest BCUT2D eigenvalue weighted by Crippen LogP contribution is -2.33. The maximum atomic E-state index is 12.3. The molecule has 2 unspecified atom stereocenters. The van der Waals surface area contributed by atoms with Crippen LogP contribution in [0.1, 0.15) is 31.0 Å². The third-order valence-corrected chi connectivity index (χ3v) is 4.48. The predicted octanol–water partition coefficient (Wildman–Crippen LogP) is 2.48. The molecule has 0 aliphatic rings. The van der Waals surface area contributed by atoms with Gasteiger partial charge in [0.05, 0.1) is 11.3 Å². The van der Waals surface area contributed by atoms with Gasteiger partial charge in [0.2, 0.25) is 5.91 Å². The van der Waals surface area contributed by atoms with Crippen LogP contribution >= 0.6 is 11.8 Å². The van der Waals surface area contributed by atoms with E-state index in [9.17, 15) is 4.79 Å². The molecule has 0 spiro atoms. The van der Waals surface area contributed by atoms with Crippen molar-refractivity contribution in [2.45, 2.75) is 37.2 Å². The molecule has 21 heavy (non-hydrogen) atoms. The molecule has 0 saturated carbocycles. The van der Waals surface area contributed by atoms with Crippen molar-refractivity contribution >= 4 is 17.7 Å². The molecule has 0 radical (unpaired) electrons. The third kappa shape index (κ3) is 3.85. The van der Waals surface area contributed by atoms with Crippen molar-refractivity contribution in [2.75, 3.05) is 0 Å². The van der Waals surface area contributed by atoms with Crippen molar-refractivity contribution in [2.24, 2.45) is 7.05 Å². The van der Waals surface area contributed by atoms with E-state index in [1.54, 1.807) is 10.9 Å². The van der Waals surface area contributed by atoms with Gasteiger partial charge in [-0.2, -0.15) is 0 Å². The van der Waals surface area contributed by atoms with Crippen molar-refractivity contribution in [1.82, 2.24) is 20.1 Å². The molecule has 0 fully saturated rings. The number of nitrogens with zero attached hydrogens (tertiary/aromatic N) is 3. The molecular formula is C15H20N4OS. The summed E-state index contributed by atoms with van der Waals surface area (Å²) in [6, 6.07) is 8.07. The summed E-state index contributed by atoms with van der Waals surface area (Å²) >= 11 is 1.40. The molecule has 2 rings (SSSR count). The van der Waals surface area contributed by atoms with Crippen LogP contribution in [0.5, 0.6) is 0 Å². The number of carbonyl (C=O) groups is 1. The van der Waals surface area contributed by atoms with E-state index in [1.165, 1.54) is 17.3 Å². The Morgan fingerprint density at radius 2 is 2.05 bits per heavy atom. The highest BCUT2D eigenvalue weighted by atomic mass is 32.2. The molecule has 1 heterocycles. The quantitative estimate of drug-likeness (QED) is 0.862. The van der Waals surface area contributed by atoms with Crippen molar-refractivity contribution in [3.05, 3.63) is 41.7 Å². The number of hydrogen-bond donors (Lipinski definition) is 1. The number of thioether (sulfide) groups is 1. The highest BCUT2D eigenvalue weighted by molar-refractivity contribution is 8.00. The molecule has 2 atom stereocenters. The van der Waals surface area contributed by atoms with Gasteiger partial charge in [0.15, 0.2) is 5.16 Å². The minimum Gasteiger partial charge on any atom is -0.349 e. The molecule has 1 aromatic carbocycles. The van der Waals surface area contributed by atoms with Gasteiger partial charge in [-0.25, -0.2) is 0 Å². The number of aromatic nitrogens is 3. The van der Waals surface area contributed by atoms with E-state index in [2.05, 4.69) is 28.5 Å². The van der Waals surface area contributed by atoms with E-state index in [1.807, 2.05) is 39.1 Å². The number of aryl methyl sites for hydroxylation is 2. The summed E-state index contributed by atoms with van der Waals surface area (Å²) in [5.41, 5.74) is 2.32. The van der Waals surface area contributed by atoms with Gasteiger partial charge in [0.25, 0.3) is 0 Å². The van der Waals surface area contributed by atoms with E-state index in [0.717, 1.165) is 10.7 Å². The summed E-state index contributed by atoms with van der Waals surface area (Å²) in [6.45, 7) is 5.93. The SMILES string of the molecule is Cc1ccccc1C(C)NC(=O)C(C)Sc1nncn1C. The lowest BCUT2D eigenvalue weighted by molar-refractivity contribution is -0.120. The second-order valence-electron chi connectivity index (χ2n) is 5.07. The topological polar surface area (TPSA) is 59.8 Å². The van der Waals surface area contributed by atoms with E-state index >= 15 is 0 Å². The van der Waals surface area contributed by atoms with E-state index < -0.39 is 0 Å². The van der Waals surface area contributed by atoms with Gasteiger partial charge in [0, 0.05) is 7.05 Å². The van der Waals surface area contributed by atoms with Crippen molar-refractivity contribution in [1.29, 1.82) is 0 Å². The molecule has 6 heteroatoms. The maximum absolute atomic E-state index is 12.3. The Balaban J connectivity index is 1.98. The summed E-state index contributed by atoms with van der Waals surface area (Å²) in [7, 11) is 1.86. The fourth-order valence-corrected chi connectivity index (χ4v) is 2.87. The number of hydrogen-bond acceptors (Lipinski definition) is 4. The molecule has 1 amide bonds. The minimum absolute atomic E-state index is 0.00115. The Labute approximate surface area is 129 Å². The van der Waals surface area contributed by atoms with Crippen LogP contribution in [0.25, 0.3) is 0 Å². The van der Waals surface area contributed by atoms with E-state index in [0.29, 0.717) is 0 Å². The number of amides is 1. The summed E-state index contributed by atoms with van der Waals surface area (Å²) in [5.74, 6) is -0.00115. The number of nitrogens with one attached hydrogen (secondary N) is 1. The molecule has 1 N–H and O–H groups in total. The first-order valence-corrected chi connectivity index (χ1v) is 7.73. The Morgan fingerprint density at radius 1 is 1.33 bits per heavy atom. The summed E-state index contributed by atoms with van der Waals surface area (Å²) in [4.78, 5) is 12.3. The van der Waals surface area contributed by atoms with E-state index in [4.69, 9.17) is 0 Å². The van der Waals surface area contributed by atoms with Crippen LogP contribution in [0.15, 0.2) is 35.7 Å². The van der Waals surface area contributed by atoms with Crippen LogP contribution in [0.2, 0.25) is 0 Å². The standard InChI is InChI=1S/C15H20N4OS/c1-10-7-5-6-8-13(10)11(2)17-14(20)12(3)21-15-18-16-9-19(15)4/h5-9,11-12H,1-4H3,(H,17,20). The largest absolute Gasteiger partial charge is 0.349 e. The van der Waals surface area contributed by atoms with Gasteiger partial charge >= 0.3 is 0 Å². The molecule has 1 aromatic heterocycles. The zero-order valence-electron chi connectivity index (χ0n) is 12.7. The van der Waals surface area contributed by atoms with Gasteiger partial charge in [-0.1, -0.05) is 36.0 Å². The first-order chi connectivity index (χ1) is 9.99. The molecular weight excluding hydrogens is 284 g/mol. The number of rotatable bonds is 5. The Kier molecular flexibility index (Phi) is 5.01. The van der Waals surface area contributed by atoms with Crippen LogP contribution in [0.3, 0.4) is 0 Å². The highest BCUT2D eigenvalue weighted by Crippen LogP contribution is 2.22.